The summed E-state index contributed by atoms with van der Waals surface area (Å²) in [5.41, 5.74) is 3.23. The third-order valence-electron chi connectivity index (χ3n) is 4.34. The maximum Gasteiger partial charge on any atom is 0.328 e. The van der Waals surface area contributed by atoms with E-state index in [1.54, 1.807) is 6.21 Å². The number of rotatable bonds is 10. The number of nitrogens with zero attached hydrogens (tertiary/aromatic N) is 1. The molecule has 0 fully saturated rings. The second-order valence-electron chi connectivity index (χ2n) is 6.46. The standard InChI is InChI=1S/C20H28N2O2/c1-3-4-5-6-7-8-11-21-19(20(23)24)13-16-14-22-18-10-9-15(2)12-17(16)18/h9-12,14,19,22H,3-8,13H2,1-2H3,(H,23,24)/t19-/m0/s1. The van der Waals surface area contributed by atoms with Crippen molar-refractivity contribution in [2.45, 2.75) is 64.8 Å². The number of nitrogens with one attached hydrogen (secondary N) is 1. The second kappa shape index (κ2) is 9.26. The van der Waals surface area contributed by atoms with E-state index in [1.807, 2.05) is 25.3 Å². The van der Waals surface area contributed by atoms with Gasteiger partial charge in [0.25, 0.3) is 0 Å². The number of carboxylic acids is 1. The van der Waals surface area contributed by atoms with Gasteiger partial charge in [0.1, 0.15) is 0 Å². The number of aliphatic imine (C=N–C) groups is 1. The number of hydrogen-bond acceptors (Lipinski definition) is 2. The molecule has 0 aliphatic heterocycles. The van der Waals surface area contributed by atoms with Crippen LogP contribution >= 0.6 is 0 Å². The van der Waals surface area contributed by atoms with Crippen molar-refractivity contribution in [1.29, 1.82) is 0 Å². The highest BCUT2D eigenvalue weighted by molar-refractivity contribution is 5.85. The third-order valence-corrected chi connectivity index (χ3v) is 4.34. The average Bonchev–Trinajstić information content (AvgIpc) is 2.94. The zero-order valence-electron chi connectivity index (χ0n) is 14.7. The molecule has 0 saturated heterocycles. The molecular formula is C20H28N2O2. The minimum absolute atomic E-state index is 0.422. The molecule has 2 rings (SSSR count). The van der Waals surface area contributed by atoms with Crippen molar-refractivity contribution in [3.63, 3.8) is 0 Å². The third kappa shape index (κ3) is 5.22. The maximum atomic E-state index is 11.5. The van der Waals surface area contributed by atoms with Crippen molar-refractivity contribution in [3.05, 3.63) is 35.5 Å². The van der Waals surface area contributed by atoms with Crippen LogP contribution in [0, 0.1) is 6.92 Å². The van der Waals surface area contributed by atoms with Gasteiger partial charge in [-0.15, -0.1) is 0 Å². The van der Waals surface area contributed by atoms with Crippen molar-refractivity contribution < 1.29 is 9.90 Å². The molecule has 2 N–H and O–H groups in total. The molecule has 0 bridgehead atoms. The minimum atomic E-state index is -0.862. The monoisotopic (exact) mass is 328 g/mol. The molecule has 0 amide bonds. The fourth-order valence-corrected chi connectivity index (χ4v) is 2.91. The van der Waals surface area contributed by atoms with Gasteiger partial charge in [-0.05, 0) is 43.7 Å². The number of carboxylic acid groups (broad SMARTS) is 1. The Kier molecular flexibility index (Phi) is 7.04. The summed E-state index contributed by atoms with van der Waals surface area (Å²) in [5.74, 6) is -0.862. The zero-order chi connectivity index (χ0) is 17.4. The van der Waals surface area contributed by atoms with Crippen LogP contribution in [-0.2, 0) is 11.2 Å². The molecule has 0 aliphatic rings. The Balaban J connectivity index is 1.95. The van der Waals surface area contributed by atoms with E-state index in [2.05, 4.69) is 23.0 Å². The molecular weight excluding hydrogens is 300 g/mol. The van der Waals surface area contributed by atoms with Crippen molar-refractivity contribution in [2.75, 3.05) is 0 Å². The quantitative estimate of drug-likeness (QED) is 0.481. The van der Waals surface area contributed by atoms with Crippen LogP contribution in [0.5, 0.6) is 0 Å². The molecule has 1 atom stereocenters. The molecule has 0 spiro atoms. The number of unbranched alkanes of at least 4 members (excludes halogenated alkanes) is 5. The lowest BCUT2D eigenvalue weighted by molar-refractivity contribution is -0.138. The molecule has 2 aromatic rings. The van der Waals surface area contributed by atoms with Gasteiger partial charge in [-0.1, -0.05) is 44.2 Å². The summed E-state index contributed by atoms with van der Waals surface area (Å²) in [4.78, 5) is 19.0. The van der Waals surface area contributed by atoms with Crippen LogP contribution in [0.4, 0.5) is 0 Å². The Bertz CT molecular complexity index is 688. The van der Waals surface area contributed by atoms with E-state index in [0.717, 1.165) is 29.3 Å². The average molecular weight is 328 g/mol. The summed E-state index contributed by atoms with van der Waals surface area (Å²) < 4.78 is 0. The van der Waals surface area contributed by atoms with E-state index in [4.69, 9.17) is 0 Å². The minimum Gasteiger partial charge on any atom is -0.480 e. The predicted molar refractivity (Wildman–Crippen MR) is 100 cm³/mol. The lowest BCUT2D eigenvalue weighted by atomic mass is 10.0. The first-order valence-corrected chi connectivity index (χ1v) is 8.93. The molecule has 1 aromatic heterocycles. The van der Waals surface area contributed by atoms with Crippen molar-refractivity contribution >= 4 is 23.1 Å². The largest absolute Gasteiger partial charge is 0.480 e. The van der Waals surface area contributed by atoms with Gasteiger partial charge in [-0.25, -0.2) is 4.79 Å². The van der Waals surface area contributed by atoms with Crippen LogP contribution in [-0.4, -0.2) is 28.3 Å². The van der Waals surface area contributed by atoms with E-state index in [9.17, 15) is 9.90 Å². The number of carbonyl (C=O) groups is 1. The van der Waals surface area contributed by atoms with E-state index in [1.165, 1.54) is 31.2 Å². The summed E-state index contributed by atoms with van der Waals surface area (Å²) in [6, 6.07) is 5.47. The summed E-state index contributed by atoms with van der Waals surface area (Å²) in [7, 11) is 0. The number of H-pyrrole nitrogens is 1. The Morgan fingerprint density at radius 2 is 2.08 bits per heavy atom. The van der Waals surface area contributed by atoms with Gasteiger partial charge >= 0.3 is 5.97 Å². The summed E-state index contributed by atoms with van der Waals surface area (Å²) >= 11 is 0. The first-order chi connectivity index (χ1) is 11.6. The normalized spacial score (nSPS) is 12.9. The molecule has 4 nitrogen and oxygen atoms in total. The van der Waals surface area contributed by atoms with Gasteiger partial charge in [0, 0.05) is 23.5 Å². The molecule has 0 radical (unpaired) electrons. The number of fused-ring (bicyclic) bond motifs is 1. The predicted octanol–water partition coefficient (Wildman–Crippen LogP) is 4.90. The molecule has 130 valence electrons. The number of aromatic nitrogens is 1. The highest BCUT2D eigenvalue weighted by Gasteiger charge is 2.18. The number of aliphatic carboxylic acids is 1. The van der Waals surface area contributed by atoms with Gasteiger partial charge < -0.3 is 10.1 Å². The van der Waals surface area contributed by atoms with E-state index in [-0.39, 0.29) is 0 Å². The van der Waals surface area contributed by atoms with Gasteiger partial charge in [0.2, 0.25) is 0 Å². The van der Waals surface area contributed by atoms with Crippen molar-refractivity contribution in [1.82, 2.24) is 4.98 Å². The van der Waals surface area contributed by atoms with Crippen LogP contribution < -0.4 is 0 Å². The SMILES string of the molecule is CCCCCCCC=N[C@@H](Cc1c[nH]c2ccc(C)cc12)C(=O)O. The summed E-state index contributed by atoms with van der Waals surface area (Å²) in [6.07, 6.45) is 11.0. The van der Waals surface area contributed by atoms with Crippen LogP contribution in [0.1, 0.15) is 56.6 Å². The highest BCUT2D eigenvalue weighted by Crippen LogP contribution is 2.21. The highest BCUT2D eigenvalue weighted by atomic mass is 16.4. The van der Waals surface area contributed by atoms with E-state index in [0.29, 0.717) is 6.42 Å². The number of hydrogen-bond donors (Lipinski definition) is 2. The summed E-state index contributed by atoms with van der Waals surface area (Å²) in [6.45, 7) is 4.24. The Morgan fingerprint density at radius 3 is 2.83 bits per heavy atom. The first-order valence-electron chi connectivity index (χ1n) is 8.93. The Morgan fingerprint density at radius 1 is 1.29 bits per heavy atom. The van der Waals surface area contributed by atoms with Crippen LogP contribution in [0.2, 0.25) is 0 Å². The molecule has 0 unspecified atom stereocenters. The fraction of sp³-hybridized carbons (Fsp3) is 0.500. The van der Waals surface area contributed by atoms with Gasteiger partial charge in [0.15, 0.2) is 6.04 Å². The molecule has 0 saturated carbocycles. The topological polar surface area (TPSA) is 65.5 Å². The smallest absolute Gasteiger partial charge is 0.328 e. The second-order valence-corrected chi connectivity index (χ2v) is 6.46. The Hall–Kier alpha value is -2.10. The molecule has 4 heteroatoms. The van der Waals surface area contributed by atoms with Crippen molar-refractivity contribution in [3.8, 4) is 0 Å². The maximum absolute atomic E-state index is 11.5. The lowest BCUT2D eigenvalue weighted by Crippen LogP contribution is -2.20. The molecule has 0 aliphatic carbocycles. The molecule has 24 heavy (non-hydrogen) atoms. The van der Waals surface area contributed by atoms with Crippen LogP contribution in [0.3, 0.4) is 0 Å². The van der Waals surface area contributed by atoms with Crippen LogP contribution in [0.25, 0.3) is 10.9 Å². The van der Waals surface area contributed by atoms with E-state index >= 15 is 0 Å². The van der Waals surface area contributed by atoms with Gasteiger partial charge in [-0.3, -0.25) is 4.99 Å². The molecule has 1 aromatic carbocycles. The lowest BCUT2D eigenvalue weighted by Gasteiger charge is -2.07. The summed E-state index contributed by atoms with van der Waals surface area (Å²) in [5, 5.41) is 10.5. The zero-order valence-corrected chi connectivity index (χ0v) is 14.7. The number of aromatic amines is 1. The fourth-order valence-electron chi connectivity index (χ4n) is 2.91. The van der Waals surface area contributed by atoms with Gasteiger partial charge in [0.05, 0.1) is 0 Å². The Labute approximate surface area is 144 Å². The van der Waals surface area contributed by atoms with Crippen LogP contribution in [0.15, 0.2) is 29.4 Å². The number of aryl methyl sites for hydroxylation is 1. The molecule has 1 heterocycles. The van der Waals surface area contributed by atoms with Crippen molar-refractivity contribution in [2.24, 2.45) is 4.99 Å². The first kappa shape index (κ1) is 18.2. The van der Waals surface area contributed by atoms with E-state index < -0.39 is 12.0 Å². The number of benzene rings is 1. The van der Waals surface area contributed by atoms with Gasteiger partial charge in [-0.2, -0.15) is 0 Å².